The van der Waals surface area contributed by atoms with Crippen LogP contribution in [0.4, 0.5) is 10.1 Å². The van der Waals surface area contributed by atoms with Gasteiger partial charge in [-0.15, -0.1) is 0 Å². The molecule has 0 bridgehead atoms. The van der Waals surface area contributed by atoms with Gasteiger partial charge in [-0.1, -0.05) is 36.2 Å². The van der Waals surface area contributed by atoms with Gasteiger partial charge in [-0.2, -0.15) is 0 Å². The lowest BCUT2D eigenvalue weighted by Crippen LogP contribution is -2.30. The summed E-state index contributed by atoms with van der Waals surface area (Å²) in [6, 6.07) is 4.52. The quantitative estimate of drug-likeness (QED) is 0.822. The number of aliphatic imine (C=N–C) groups is 1. The van der Waals surface area contributed by atoms with Gasteiger partial charge in [0.1, 0.15) is 5.82 Å². The molecular formula is C14H16ClFN2S. The van der Waals surface area contributed by atoms with Crippen LogP contribution in [0.15, 0.2) is 23.2 Å². The van der Waals surface area contributed by atoms with Crippen LogP contribution in [0.5, 0.6) is 0 Å². The molecule has 1 aromatic carbocycles. The van der Waals surface area contributed by atoms with Crippen molar-refractivity contribution in [1.82, 2.24) is 0 Å². The largest absolute Gasteiger partial charge is 0.333 e. The molecule has 0 aromatic heterocycles. The third kappa shape index (κ3) is 2.90. The van der Waals surface area contributed by atoms with Gasteiger partial charge in [-0.25, -0.2) is 4.39 Å². The summed E-state index contributed by atoms with van der Waals surface area (Å²) in [5.41, 5.74) is 0.809. The van der Waals surface area contributed by atoms with E-state index in [0.29, 0.717) is 16.1 Å². The number of nitrogens with zero attached hydrogens (tertiary/aromatic N) is 1. The van der Waals surface area contributed by atoms with Crippen LogP contribution < -0.4 is 5.32 Å². The average molecular weight is 299 g/mol. The number of rotatable bonds is 1. The highest BCUT2D eigenvalue weighted by Crippen LogP contribution is 2.43. The Hall–Kier alpha value is -0.740. The van der Waals surface area contributed by atoms with Gasteiger partial charge < -0.3 is 5.32 Å². The van der Waals surface area contributed by atoms with Gasteiger partial charge in [0.05, 0.1) is 5.69 Å². The van der Waals surface area contributed by atoms with E-state index >= 15 is 0 Å². The summed E-state index contributed by atoms with van der Waals surface area (Å²) in [6.07, 6.45) is 5.20. The van der Waals surface area contributed by atoms with Gasteiger partial charge in [0.2, 0.25) is 0 Å². The second kappa shape index (κ2) is 5.33. The van der Waals surface area contributed by atoms with Gasteiger partial charge in [-0.3, -0.25) is 4.99 Å². The molecule has 1 N–H and O–H groups in total. The Kier molecular flexibility index (Phi) is 3.72. The molecule has 0 amide bonds. The molecular weight excluding hydrogens is 283 g/mol. The summed E-state index contributed by atoms with van der Waals surface area (Å²) < 4.78 is 13.6. The Morgan fingerprint density at radius 2 is 2.11 bits per heavy atom. The van der Waals surface area contributed by atoms with Crippen molar-refractivity contribution in [3.63, 3.8) is 0 Å². The van der Waals surface area contributed by atoms with E-state index in [9.17, 15) is 4.39 Å². The van der Waals surface area contributed by atoms with Gasteiger partial charge in [0.15, 0.2) is 5.17 Å². The van der Waals surface area contributed by atoms with Crippen molar-refractivity contribution in [2.45, 2.75) is 25.7 Å². The number of benzene rings is 1. The van der Waals surface area contributed by atoms with E-state index in [1.54, 1.807) is 23.9 Å². The summed E-state index contributed by atoms with van der Waals surface area (Å²) in [6.45, 7) is 0.866. The molecule has 1 fully saturated rings. The van der Waals surface area contributed by atoms with E-state index in [-0.39, 0.29) is 5.82 Å². The van der Waals surface area contributed by atoms with Crippen molar-refractivity contribution >= 4 is 34.2 Å². The van der Waals surface area contributed by atoms with Crippen LogP contribution in [-0.2, 0) is 0 Å². The predicted molar refractivity (Wildman–Crippen MR) is 80.7 cm³/mol. The van der Waals surface area contributed by atoms with Crippen molar-refractivity contribution in [3.05, 3.63) is 29.0 Å². The highest BCUT2D eigenvalue weighted by Gasteiger charge is 2.36. The first-order valence-electron chi connectivity index (χ1n) is 6.56. The first kappa shape index (κ1) is 13.3. The molecule has 1 saturated carbocycles. The lowest BCUT2D eigenvalue weighted by atomic mass is 9.89. The normalized spacial score (nSPS) is 21.5. The maximum absolute atomic E-state index is 13.6. The first-order chi connectivity index (χ1) is 9.17. The van der Waals surface area contributed by atoms with Gasteiger partial charge in [0, 0.05) is 17.3 Å². The first-order valence-corrected chi connectivity index (χ1v) is 7.93. The van der Waals surface area contributed by atoms with Crippen molar-refractivity contribution in [2.24, 2.45) is 10.4 Å². The van der Waals surface area contributed by atoms with Crippen LogP contribution in [-0.4, -0.2) is 17.5 Å². The number of anilines is 1. The Balaban J connectivity index is 1.71. The number of hydrogen-bond donors (Lipinski definition) is 1. The predicted octanol–water partition coefficient (Wildman–Crippen LogP) is 4.55. The SMILES string of the molecule is Fc1ccc(Cl)cc1NC1=NCC2(CCCC2)CS1. The lowest BCUT2D eigenvalue weighted by molar-refractivity contribution is 0.359. The molecule has 0 unspecified atom stereocenters. The lowest BCUT2D eigenvalue weighted by Gasteiger charge is -2.31. The standard InChI is InChI=1S/C14H16ClFN2S/c15-10-3-4-11(16)12(7-10)18-13-17-8-14(9-19-13)5-1-2-6-14/h3-4,7H,1-2,5-6,8-9H2,(H,17,18). The number of thioether (sulfide) groups is 1. The minimum Gasteiger partial charge on any atom is -0.333 e. The molecule has 1 spiro atoms. The highest BCUT2D eigenvalue weighted by atomic mass is 35.5. The molecule has 1 aromatic rings. The average Bonchev–Trinajstić information content (AvgIpc) is 2.85. The zero-order valence-corrected chi connectivity index (χ0v) is 12.2. The molecule has 1 aliphatic carbocycles. The topological polar surface area (TPSA) is 24.4 Å². The van der Waals surface area contributed by atoms with Crippen molar-refractivity contribution in [1.29, 1.82) is 0 Å². The maximum Gasteiger partial charge on any atom is 0.161 e. The highest BCUT2D eigenvalue weighted by molar-refractivity contribution is 8.14. The zero-order valence-electron chi connectivity index (χ0n) is 10.6. The van der Waals surface area contributed by atoms with Crippen LogP contribution in [0.1, 0.15) is 25.7 Å². The number of nitrogens with one attached hydrogen (secondary N) is 1. The van der Waals surface area contributed by atoms with Gasteiger partial charge >= 0.3 is 0 Å². The number of halogens is 2. The van der Waals surface area contributed by atoms with Crippen molar-refractivity contribution < 1.29 is 4.39 Å². The Bertz CT molecular complexity index is 512. The fourth-order valence-electron chi connectivity index (χ4n) is 2.76. The molecule has 0 radical (unpaired) electrons. The number of amidine groups is 1. The molecule has 0 atom stereocenters. The third-order valence-electron chi connectivity index (χ3n) is 3.91. The summed E-state index contributed by atoms with van der Waals surface area (Å²) in [7, 11) is 0. The molecule has 102 valence electrons. The minimum absolute atomic E-state index is 0.297. The number of hydrogen-bond acceptors (Lipinski definition) is 3. The Labute approximate surface area is 121 Å². The van der Waals surface area contributed by atoms with Crippen molar-refractivity contribution in [2.75, 3.05) is 17.6 Å². The molecule has 19 heavy (non-hydrogen) atoms. The van der Waals surface area contributed by atoms with E-state index in [1.165, 1.54) is 31.7 Å². The molecule has 2 nitrogen and oxygen atoms in total. The Morgan fingerprint density at radius 1 is 1.32 bits per heavy atom. The third-order valence-corrected chi connectivity index (χ3v) is 5.40. The second-order valence-electron chi connectivity index (χ2n) is 5.37. The van der Waals surface area contributed by atoms with Crippen LogP contribution in [0.25, 0.3) is 0 Å². The molecule has 3 rings (SSSR count). The smallest absolute Gasteiger partial charge is 0.161 e. The van der Waals surface area contributed by atoms with Crippen LogP contribution in [0, 0.1) is 11.2 Å². The molecule has 5 heteroatoms. The van der Waals surface area contributed by atoms with Crippen LogP contribution in [0.2, 0.25) is 5.02 Å². The second-order valence-corrected chi connectivity index (χ2v) is 6.77. The van der Waals surface area contributed by atoms with Gasteiger partial charge in [0.25, 0.3) is 0 Å². The van der Waals surface area contributed by atoms with E-state index < -0.39 is 0 Å². The van der Waals surface area contributed by atoms with Crippen LogP contribution >= 0.6 is 23.4 Å². The molecule has 0 saturated heterocycles. The summed E-state index contributed by atoms with van der Waals surface area (Å²) in [5.74, 6) is 0.787. The van der Waals surface area contributed by atoms with Crippen LogP contribution in [0.3, 0.4) is 0 Å². The van der Waals surface area contributed by atoms with Gasteiger partial charge in [-0.05, 0) is 36.5 Å². The maximum atomic E-state index is 13.6. The Morgan fingerprint density at radius 3 is 2.79 bits per heavy atom. The van der Waals surface area contributed by atoms with Crippen molar-refractivity contribution in [3.8, 4) is 0 Å². The monoisotopic (exact) mass is 298 g/mol. The van der Waals surface area contributed by atoms with E-state index in [1.807, 2.05) is 0 Å². The summed E-state index contributed by atoms with van der Waals surface area (Å²) in [5, 5.41) is 4.38. The van der Waals surface area contributed by atoms with E-state index in [2.05, 4.69) is 10.3 Å². The minimum atomic E-state index is -0.297. The fraction of sp³-hybridized carbons (Fsp3) is 0.500. The molecule has 2 aliphatic rings. The van der Waals surface area contributed by atoms with E-state index in [0.717, 1.165) is 17.5 Å². The zero-order chi connectivity index (χ0) is 13.3. The molecule has 1 aliphatic heterocycles. The summed E-state index contributed by atoms with van der Waals surface area (Å²) in [4.78, 5) is 4.59. The fourth-order valence-corrected chi connectivity index (χ4v) is 4.10. The summed E-state index contributed by atoms with van der Waals surface area (Å²) >= 11 is 7.58. The molecule has 1 heterocycles. The van der Waals surface area contributed by atoms with E-state index in [4.69, 9.17) is 11.6 Å².